The van der Waals surface area contributed by atoms with E-state index in [0.29, 0.717) is 22.6 Å². The third-order valence-electron chi connectivity index (χ3n) is 6.17. The third kappa shape index (κ3) is 5.88. The van der Waals surface area contributed by atoms with Crippen LogP contribution in [0.4, 0.5) is 20.2 Å². The van der Waals surface area contributed by atoms with Crippen molar-refractivity contribution >= 4 is 28.7 Å². The number of carbonyl (C=O) groups excluding carboxylic acids is 2. The van der Waals surface area contributed by atoms with Crippen molar-refractivity contribution in [2.75, 3.05) is 17.7 Å². The van der Waals surface area contributed by atoms with E-state index in [0.717, 1.165) is 11.6 Å². The fraction of sp³-hybridized carbons (Fsp3) is 0.0667. The highest BCUT2D eigenvalue weighted by Crippen LogP contribution is 2.34. The third-order valence-corrected chi connectivity index (χ3v) is 6.17. The van der Waals surface area contributed by atoms with Gasteiger partial charge in [0.2, 0.25) is 0 Å². The van der Waals surface area contributed by atoms with Crippen LogP contribution in [0.2, 0.25) is 0 Å². The molecule has 5 aromatic rings. The summed E-state index contributed by atoms with van der Waals surface area (Å²) in [5.74, 6) is -2.43. The lowest BCUT2D eigenvalue weighted by Gasteiger charge is -2.14. The van der Waals surface area contributed by atoms with Crippen LogP contribution in [0.3, 0.4) is 0 Å². The second-order valence-electron chi connectivity index (χ2n) is 8.85. The average molecular weight is 555 g/mol. The number of ether oxygens (including phenoxy) is 1. The summed E-state index contributed by atoms with van der Waals surface area (Å²) >= 11 is 0. The first-order valence-electron chi connectivity index (χ1n) is 12.5. The van der Waals surface area contributed by atoms with Gasteiger partial charge in [0.05, 0.1) is 11.9 Å². The van der Waals surface area contributed by atoms with Crippen LogP contribution < -0.4 is 20.7 Å². The van der Waals surface area contributed by atoms with Crippen LogP contribution in [0.1, 0.15) is 6.92 Å². The van der Waals surface area contributed by atoms with Gasteiger partial charge in [-0.15, -0.1) is 0 Å². The molecule has 0 saturated carbocycles. The molecule has 0 unspecified atom stereocenters. The van der Waals surface area contributed by atoms with E-state index in [1.165, 1.54) is 42.6 Å². The molecule has 0 bridgehead atoms. The molecule has 2 amide bonds. The van der Waals surface area contributed by atoms with Crippen LogP contribution in [-0.4, -0.2) is 33.5 Å². The standard InChI is InChI=1S/C30H24F2N6O3/c1-18(33-2)27(29(39)36-20-8-6-19(31)7-9-20)30(40)37-21-10-11-25(23(32)17-21)41-26-12-15-35-38-16-13-22(28(26)38)24-5-3-4-14-34-24/h3-17,33H,1-2H3,(H,36,39)(H,37,40)/b27-18+. The Labute approximate surface area is 233 Å². The van der Waals surface area contributed by atoms with Crippen LogP contribution in [0.5, 0.6) is 11.5 Å². The molecule has 41 heavy (non-hydrogen) atoms. The normalized spacial score (nSPS) is 11.5. The van der Waals surface area contributed by atoms with E-state index in [4.69, 9.17) is 4.74 Å². The monoisotopic (exact) mass is 554 g/mol. The van der Waals surface area contributed by atoms with Gasteiger partial charge in [0.25, 0.3) is 11.8 Å². The molecule has 3 aromatic heterocycles. The SMILES string of the molecule is CN/C(C)=C(\C(=O)Nc1ccc(F)cc1)C(=O)Nc1ccc(Oc2ccnn3ccc(-c4ccccn4)c23)c(F)c1. The Morgan fingerprint density at radius 2 is 1.59 bits per heavy atom. The van der Waals surface area contributed by atoms with Crippen molar-refractivity contribution in [3.05, 3.63) is 114 Å². The number of pyridine rings is 1. The van der Waals surface area contributed by atoms with Crippen molar-refractivity contribution in [3.8, 4) is 22.8 Å². The molecule has 9 nitrogen and oxygen atoms in total. The van der Waals surface area contributed by atoms with Crippen LogP contribution in [0.25, 0.3) is 16.8 Å². The number of rotatable bonds is 8. The van der Waals surface area contributed by atoms with E-state index >= 15 is 4.39 Å². The number of allylic oxidation sites excluding steroid dienone is 1. The van der Waals surface area contributed by atoms with Crippen LogP contribution in [0.15, 0.2) is 103 Å². The van der Waals surface area contributed by atoms with Gasteiger partial charge in [0.15, 0.2) is 17.3 Å². The zero-order chi connectivity index (χ0) is 28.9. The van der Waals surface area contributed by atoms with Gasteiger partial charge in [-0.05, 0) is 61.5 Å². The van der Waals surface area contributed by atoms with E-state index in [1.807, 2.05) is 24.3 Å². The first-order chi connectivity index (χ1) is 19.8. The van der Waals surface area contributed by atoms with Crippen LogP contribution in [0, 0.1) is 11.6 Å². The Bertz CT molecular complexity index is 1770. The van der Waals surface area contributed by atoms with Crippen molar-refractivity contribution in [1.82, 2.24) is 19.9 Å². The van der Waals surface area contributed by atoms with E-state index < -0.39 is 23.4 Å². The summed E-state index contributed by atoms with van der Waals surface area (Å²) in [6.45, 7) is 1.55. The lowest BCUT2D eigenvalue weighted by atomic mass is 10.1. The summed E-state index contributed by atoms with van der Waals surface area (Å²) in [7, 11) is 1.56. The topological polar surface area (TPSA) is 110 Å². The molecular formula is C30H24F2N6O3. The first kappa shape index (κ1) is 27.0. The predicted molar refractivity (Wildman–Crippen MR) is 150 cm³/mol. The minimum Gasteiger partial charge on any atom is -0.452 e. The number of halogens is 2. The van der Waals surface area contributed by atoms with Crippen LogP contribution in [-0.2, 0) is 9.59 Å². The zero-order valence-electron chi connectivity index (χ0n) is 22.0. The van der Waals surface area contributed by atoms with Gasteiger partial charge in [-0.25, -0.2) is 13.3 Å². The lowest BCUT2D eigenvalue weighted by Crippen LogP contribution is -2.29. The maximum absolute atomic E-state index is 15.2. The minimum atomic E-state index is -0.770. The van der Waals surface area contributed by atoms with Gasteiger partial charge >= 0.3 is 0 Å². The molecule has 0 spiro atoms. The van der Waals surface area contributed by atoms with Gasteiger partial charge in [-0.3, -0.25) is 14.6 Å². The maximum atomic E-state index is 15.2. The highest BCUT2D eigenvalue weighted by molar-refractivity contribution is 6.26. The molecular weight excluding hydrogens is 530 g/mol. The summed E-state index contributed by atoms with van der Waals surface area (Å²) in [6.07, 6.45) is 4.96. The number of aromatic nitrogens is 3. The molecule has 2 aromatic carbocycles. The number of nitrogens with zero attached hydrogens (tertiary/aromatic N) is 3. The van der Waals surface area contributed by atoms with E-state index in [1.54, 1.807) is 36.9 Å². The number of hydrogen-bond donors (Lipinski definition) is 3. The van der Waals surface area contributed by atoms with Crippen molar-refractivity contribution in [3.63, 3.8) is 0 Å². The molecule has 3 N–H and O–H groups in total. The van der Waals surface area contributed by atoms with E-state index in [2.05, 4.69) is 26.0 Å². The number of nitrogens with one attached hydrogen (secondary N) is 3. The number of benzene rings is 2. The number of carbonyl (C=O) groups is 2. The average Bonchev–Trinajstić information content (AvgIpc) is 3.41. The predicted octanol–water partition coefficient (Wildman–Crippen LogP) is 5.54. The molecule has 0 aliphatic carbocycles. The Hall–Kier alpha value is -5.58. The van der Waals surface area contributed by atoms with Gasteiger partial charge in [0.1, 0.15) is 16.9 Å². The quantitative estimate of drug-likeness (QED) is 0.132. The van der Waals surface area contributed by atoms with Crippen molar-refractivity contribution in [1.29, 1.82) is 0 Å². The fourth-order valence-corrected chi connectivity index (χ4v) is 4.10. The highest BCUT2D eigenvalue weighted by Gasteiger charge is 2.22. The van der Waals surface area contributed by atoms with Gasteiger partial charge in [-0.2, -0.15) is 5.10 Å². The fourth-order valence-electron chi connectivity index (χ4n) is 4.10. The van der Waals surface area contributed by atoms with Gasteiger partial charge in [-0.1, -0.05) is 6.07 Å². The van der Waals surface area contributed by atoms with Crippen molar-refractivity contribution in [2.45, 2.75) is 6.92 Å². The van der Waals surface area contributed by atoms with Gasteiger partial charge < -0.3 is 20.7 Å². The summed E-state index contributed by atoms with van der Waals surface area (Å²) < 4.78 is 36.0. The Morgan fingerprint density at radius 1 is 0.854 bits per heavy atom. The second kappa shape index (κ2) is 11.7. The second-order valence-corrected chi connectivity index (χ2v) is 8.85. The lowest BCUT2D eigenvalue weighted by molar-refractivity contribution is -0.118. The molecule has 0 fully saturated rings. The van der Waals surface area contributed by atoms with E-state index in [-0.39, 0.29) is 22.7 Å². The summed E-state index contributed by atoms with van der Waals surface area (Å²) in [5, 5.41) is 12.2. The zero-order valence-corrected chi connectivity index (χ0v) is 22.0. The van der Waals surface area contributed by atoms with Crippen molar-refractivity contribution in [2.24, 2.45) is 0 Å². The summed E-state index contributed by atoms with van der Waals surface area (Å²) in [6, 6.07) is 18.0. The number of amides is 2. The summed E-state index contributed by atoms with van der Waals surface area (Å²) in [5.41, 5.74) is 2.52. The molecule has 0 aliphatic heterocycles. The molecule has 0 radical (unpaired) electrons. The Kier molecular flexibility index (Phi) is 7.68. The van der Waals surface area contributed by atoms with Crippen LogP contribution >= 0.6 is 0 Å². The highest BCUT2D eigenvalue weighted by atomic mass is 19.1. The smallest absolute Gasteiger partial charge is 0.263 e. The molecule has 0 aliphatic rings. The van der Waals surface area contributed by atoms with E-state index in [9.17, 15) is 14.0 Å². The first-order valence-corrected chi connectivity index (χ1v) is 12.5. The molecule has 206 valence electrons. The molecule has 0 saturated heterocycles. The van der Waals surface area contributed by atoms with Crippen molar-refractivity contribution < 1.29 is 23.1 Å². The molecule has 5 rings (SSSR count). The van der Waals surface area contributed by atoms with Gasteiger partial charge in [0, 0.05) is 54.2 Å². The Morgan fingerprint density at radius 3 is 2.27 bits per heavy atom. The Balaban J connectivity index is 1.36. The summed E-state index contributed by atoms with van der Waals surface area (Å²) in [4.78, 5) is 30.4. The molecule has 11 heteroatoms. The molecule has 0 atom stereocenters. The maximum Gasteiger partial charge on any atom is 0.263 e. The number of hydrogen-bond acceptors (Lipinski definition) is 6. The number of fused-ring (bicyclic) bond motifs is 1. The molecule has 3 heterocycles. The number of anilines is 2. The largest absolute Gasteiger partial charge is 0.452 e. The minimum absolute atomic E-state index is 0.0829.